The molecule has 4 heteroatoms. The molecule has 1 aliphatic rings. The van der Waals surface area contributed by atoms with Gasteiger partial charge in [0.25, 0.3) is 0 Å². The third-order valence-corrected chi connectivity index (χ3v) is 7.61. The molecule has 108 valence electrons. The normalized spacial score (nSPS) is 18.5. The average molecular weight is 274 g/mol. The largest absolute Gasteiger partial charge is 0.504 e. The lowest BCUT2D eigenvalue weighted by molar-refractivity contribution is -0.0187. The van der Waals surface area contributed by atoms with E-state index in [-0.39, 0.29) is 5.60 Å². The van der Waals surface area contributed by atoms with E-state index in [4.69, 9.17) is 13.3 Å². The zero-order valence-electron chi connectivity index (χ0n) is 12.8. The molecule has 0 unspecified atom stereocenters. The molecule has 1 saturated carbocycles. The highest BCUT2D eigenvalue weighted by atomic mass is 28.4. The summed E-state index contributed by atoms with van der Waals surface area (Å²) in [6.07, 6.45) is 5.96. The molecule has 0 amide bonds. The predicted molar refractivity (Wildman–Crippen MR) is 76.7 cm³/mol. The van der Waals surface area contributed by atoms with Crippen molar-refractivity contribution >= 4 is 8.80 Å². The lowest BCUT2D eigenvalue weighted by Gasteiger charge is -2.40. The first-order valence-electron chi connectivity index (χ1n) is 7.47. The average Bonchev–Trinajstić information content (AvgIpc) is 2.83. The van der Waals surface area contributed by atoms with Gasteiger partial charge in [-0.3, -0.25) is 0 Å². The molecule has 1 rings (SSSR count). The van der Waals surface area contributed by atoms with Crippen LogP contribution in [0.1, 0.15) is 66.7 Å². The Morgan fingerprint density at radius 1 is 1.00 bits per heavy atom. The lowest BCUT2D eigenvalue weighted by atomic mass is 10.1. The minimum absolute atomic E-state index is 0.154. The smallest absolute Gasteiger partial charge is 0.374 e. The monoisotopic (exact) mass is 274 g/mol. The zero-order valence-corrected chi connectivity index (χ0v) is 13.8. The van der Waals surface area contributed by atoms with Crippen LogP contribution in [0.2, 0.25) is 5.54 Å². The standard InChI is InChI=1S/C14H30O3Si/c1-6-14(4,5)17-18(15-7-2,16-8-3)13-11-9-10-12-13/h13H,6-12H2,1-5H3. The van der Waals surface area contributed by atoms with Gasteiger partial charge in [0, 0.05) is 18.8 Å². The Labute approximate surface area is 114 Å². The fourth-order valence-corrected chi connectivity index (χ4v) is 6.23. The molecule has 0 bridgehead atoms. The van der Waals surface area contributed by atoms with Crippen LogP contribution >= 0.6 is 0 Å². The second kappa shape index (κ2) is 7.03. The summed E-state index contributed by atoms with van der Waals surface area (Å²) in [4.78, 5) is 0. The quantitative estimate of drug-likeness (QED) is 0.622. The van der Waals surface area contributed by atoms with Crippen LogP contribution in [-0.2, 0) is 13.3 Å². The summed E-state index contributed by atoms with van der Waals surface area (Å²) in [6.45, 7) is 11.9. The van der Waals surface area contributed by atoms with Crippen LogP contribution in [0.3, 0.4) is 0 Å². The molecule has 0 N–H and O–H groups in total. The third kappa shape index (κ3) is 4.05. The van der Waals surface area contributed by atoms with Crippen LogP contribution in [0, 0.1) is 0 Å². The predicted octanol–water partition coefficient (Wildman–Crippen LogP) is 4.15. The number of rotatable bonds is 8. The maximum atomic E-state index is 6.43. The topological polar surface area (TPSA) is 27.7 Å². The van der Waals surface area contributed by atoms with Gasteiger partial charge in [0.15, 0.2) is 0 Å². The molecule has 0 aromatic rings. The summed E-state index contributed by atoms with van der Waals surface area (Å²) >= 11 is 0. The Balaban J connectivity index is 2.88. The second-order valence-electron chi connectivity index (χ2n) is 5.67. The summed E-state index contributed by atoms with van der Waals surface area (Å²) in [5.74, 6) is 0. The van der Waals surface area contributed by atoms with E-state index in [0.717, 1.165) is 6.42 Å². The van der Waals surface area contributed by atoms with Gasteiger partial charge in [-0.2, -0.15) is 0 Å². The third-order valence-electron chi connectivity index (χ3n) is 3.82. The van der Waals surface area contributed by atoms with Gasteiger partial charge < -0.3 is 13.3 Å². The Morgan fingerprint density at radius 3 is 1.89 bits per heavy atom. The Hall–Kier alpha value is 0.0969. The minimum atomic E-state index is -2.52. The SMILES string of the molecule is CCO[Si](OCC)(OC(C)(C)CC)C1CCCC1. The molecule has 3 nitrogen and oxygen atoms in total. The van der Waals surface area contributed by atoms with Crippen molar-refractivity contribution in [3.05, 3.63) is 0 Å². The Bertz CT molecular complexity index is 231. The highest BCUT2D eigenvalue weighted by Gasteiger charge is 2.52. The molecule has 1 aliphatic carbocycles. The molecule has 0 spiro atoms. The first-order chi connectivity index (χ1) is 8.49. The highest BCUT2D eigenvalue weighted by Crippen LogP contribution is 2.42. The maximum Gasteiger partial charge on any atom is 0.504 e. The van der Waals surface area contributed by atoms with Crippen LogP contribution in [0.15, 0.2) is 0 Å². The second-order valence-corrected chi connectivity index (χ2v) is 8.47. The summed E-state index contributed by atoms with van der Waals surface area (Å²) in [6, 6.07) is 0. The van der Waals surface area contributed by atoms with Gasteiger partial charge in [-0.15, -0.1) is 0 Å². The van der Waals surface area contributed by atoms with Gasteiger partial charge in [-0.25, -0.2) is 0 Å². The molecule has 0 aromatic carbocycles. The first kappa shape index (κ1) is 16.2. The Kier molecular flexibility index (Phi) is 6.31. The molecular weight excluding hydrogens is 244 g/mol. The van der Waals surface area contributed by atoms with Crippen LogP contribution in [0.4, 0.5) is 0 Å². The van der Waals surface area contributed by atoms with Gasteiger partial charge in [0.1, 0.15) is 0 Å². The molecule has 1 fully saturated rings. The van der Waals surface area contributed by atoms with Crippen LogP contribution in [0.5, 0.6) is 0 Å². The summed E-state index contributed by atoms with van der Waals surface area (Å²) in [5.41, 5.74) is 0.349. The lowest BCUT2D eigenvalue weighted by Crippen LogP contribution is -2.54. The molecule has 0 aromatic heterocycles. The van der Waals surface area contributed by atoms with Gasteiger partial charge in [0.05, 0.1) is 5.60 Å². The van der Waals surface area contributed by atoms with Crippen molar-refractivity contribution in [1.82, 2.24) is 0 Å². The van der Waals surface area contributed by atoms with Crippen molar-refractivity contribution < 1.29 is 13.3 Å². The minimum Gasteiger partial charge on any atom is -0.374 e. The van der Waals surface area contributed by atoms with Gasteiger partial charge >= 0.3 is 8.80 Å². The van der Waals surface area contributed by atoms with Crippen molar-refractivity contribution in [1.29, 1.82) is 0 Å². The van der Waals surface area contributed by atoms with Crippen molar-refractivity contribution in [2.45, 2.75) is 77.9 Å². The van der Waals surface area contributed by atoms with Gasteiger partial charge in [-0.1, -0.05) is 19.8 Å². The first-order valence-corrected chi connectivity index (χ1v) is 9.28. The fourth-order valence-electron chi connectivity index (χ4n) is 2.56. The van der Waals surface area contributed by atoms with Crippen molar-refractivity contribution in [2.24, 2.45) is 0 Å². The zero-order chi connectivity index (χ0) is 13.6. The van der Waals surface area contributed by atoms with Crippen LogP contribution in [0.25, 0.3) is 0 Å². The van der Waals surface area contributed by atoms with E-state index in [1.807, 2.05) is 13.8 Å². The maximum absolute atomic E-state index is 6.43. The molecule has 18 heavy (non-hydrogen) atoms. The van der Waals surface area contributed by atoms with E-state index in [9.17, 15) is 0 Å². The summed E-state index contributed by atoms with van der Waals surface area (Å²) < 4.78 is 18.6. The molecule has 0 radical (unpaired) electrons. The summed E-state index contributed by atoms with van der Waals surface area (Å²) in [5, 5.41) is 0. The van der Waals surface area contributed by atoms with E-state index in [0.29, 0.717) is 18.8 Å². The fraction of sp³-hybridized carbons (Fsp3) is 1.00. The van der Waals surface area contributed by atoms with Crippen molar-refractivity contribution in [3.63, 3.8) is 0 Å². The highest BCUT2D eigenvalue weighted by molar-refractivity contribution is 6.62. The van der Waals surface area contributed by atoms with E-state index in [1.54, 1.807) is 0 Å². The van der Waals surface area contributed by atoms with Crippen molar-refractivity contribution in [3.8, 4) is 0 Å². The van der Waals surface area contributed by atoms with Crippen LogP contribution in [-0.4, -0.2) is 27.6 Å². The molecular formula is C14H30O3Si. The molecule has 0 aliphatic heterocycles. The van der Waals surface area contributed by atoms with Gasteiger partial charge in [0.2, 0.25) is 0 Å². The number of hydrogen-bond donors (Lipinski definition) is 0. The van der Waals surface area contributed by atoms with E-state index in [1.165, 1.54) is 25.7 Å². The molecule has 0 heterocycles. The van der Waals surface area contributed by atoms with Crippen molar-refractivity contribution in [2.75, 3.05) is 13.2 Å². The van der Waals surface area contributed by atoms with E-state index in [2.05, 4.69) is 20.8 Å². The molecule has 0 atom stereocenters. The summed E-state index contributed by atoms with van der Waals surface area (Å²) in [7, 11) is -2.52. The Morgan fingerprint density at radius 2 is 1.50 bits per heavy atom. The molecule has 0 saturated heterocycles. The van der Waals surface area contributed by atoms with E-state index < -0.39 is 8.80 Å². The number of hydrogen-bond acceptors (Lipinski definition) is 3. The van der Waals surface area contributed by atoms with E-state index >= 15 is 0 Å². The van der Waals surface area contributed by atoms with Gasteiger partial charge in [-0.05, 0) is 47.0 Å². The van der Waals surface area contributed by atoms with Crippen LogP contribution < -0.4 is 0 Å².